The Balaban J connectivity index is 1.60. The Morgan fingerprint density at radius 3 is 2.42 bits per heavy atom. The summed E-state index contributed by atoms with van der Waals surface area (Å²) in [4.78, 5) is 12.3. The zero-order valence-corrected chi connectivity index (χ0v) is 18.3. The van der Waals surface area contributed by atoms with Crippen LogP contribution in [0.25, 0.3) is 0 Å². The minimum Gasteiger partial charge on any atom is -0.280 e. The van der Waals surface area contributed by atoms with Crippen molar-refractivity contribution >= 4 is 38.9 Å². The maximum atomic E-state index is 12.7. The molecule has 0 fully saturated rings. The lowest BCUT2D eigenvalue weighted by Gasteiger charge is -2.20. The summed E-state index contributed by atoms with van der Waals surface area (Å²) in [6.07, 6.45) is 0.539. The van der Waals surface area contributed by atoms with Gasteiger partial charge in [0.25, 0.3) is 10.0 Å². The average molecular weight is 454 g/mol. The summed E-state index contributed by atoms with van der Waals surface area (Å²) in [5.74, 6) is -0.150. The first-order chi connectivity index (χ1) is 14.8. The lowest BCUT2D eigenvalue weighted by atomic mass is 9.98. The van der Waals surface area contributed by atoms with E-state index in [1.807, 2.05) is 36.4 Å². The molecule has 4 rings (SSSR count). The summed E-state index contributed by atoms with van der Waals surface area (Å²) in [5.41, 5.74) is 2.88. The Labute approximate surface area is 186 Å². The lowest BCUT2D eigenvalue weighted by molar-refractivity contribution is -0.130. The van der Waals surface area contributed by atoms with Crippen molar-refractivity contribution in [3.63, 3.8) is 0 Å². The zero-order chi connectivity index (χ0) is 22.0. The number of carbonyl (C=O) groups is 1. The van der Waals surface area contributed by atoms with E-state index >= 15 is 0 Å². The molecular formula is C23H20ClN3O3S. The van der Waals surface area contributed by atoms with Crippen molar-refractivity contribution in [1.82, 2.24) is 5.01 Å². The molecule has 1 N–H and O–H groups in total. The molecule has 3 aromatic rings. The van der Waals surface area contributed by atoms with Gasteiger partial charge in [-0.1, -0.05) is 54.1 Å². The highest BCUT2D eigenvalue weighted by molar-refractivity contribution is 7.92. The van der Waals surface area contributed by atoms with Crippen molar-refractivity contribution in [1.29, 1.82) is 0 Å². The predicted octanol–water partition coefficient (Wildman–Crippen LogP) is 4.84. The number of halogens is 1. The van der Waals surface area contributed by atoms with Crippen LogP contribution in [-0.4, -0.2) is 25.0 Å². The molecule has 0 saturated carbocycles. The summed E-state index contributed by atoms with van der Waals surface area (Å²) in [6, 6.07) is 22.5. The van der Waals surface area contributed by atoms with Gasteiger partial charge in [-0.2, -0.15) is 5.10 Å². The van der Waals surface area contributed by atoms with Crippen LogP contribution in [0.15, 0.2) is 88.9 Å². The number of sulfonamides is 1. The van der Waals surface area contributed by atoms with Gasteiger partial charge in [0, 0.05) is 24.1 Å². The molecule has 0 bridgehead atoms. The van der Waals surface area contributed by atoms with E-state index in [9.17, 15) is 13.2 Å². The Kier molecular flexibility index (Phi) is 5.80. The number of benzene rings is 3. The molecule has 0 aromatic heterocycles. The van der Waals surface area contributed by atoms with Crippen LogP contribution >= 0.6 is 11.6 Å². The number of rotatable bonds is 5. The van der Waals surface area contributed by atoms with Crippen LogP contribution in [0.3, 0.4) is 0 Å². The van der Waals surface area contributed by atoms with Gasteiger partial charge in [-0.3, -0.25) is 9.52 Å². The second kappa shape index (κ2) is 8.53. The van der Waals surface area contributed by atoms with Crippen LogP contribution in [0.5, 0.6) is 0 Å². The predicted molar refractivity (Wildman–Crippen MR) is 122 cm³/mol. The van der Waals surface area contributed by atoms with Gasteiger partial charge in [-0.15, -0.1) is 0 Å². The van der Waals surface area contributed by atoms with Crippen LogP contribution in [0.1, 0.15) is 30.5 Å². The molecule has 1 heterocycles. The van der Waals surface area contributed by atoms with Gasteiger partial charge < -0.3 is 0 Å². The number of nitrogens with one attached hydrogen (secondary N) is 1. The molecule has 1 unspecified atom stereocenters. The number of hydrogen-bond acceptors (Lipinski definition) is 4. The number of hydrogen-bond donors (Lipinski definition) is 1. The first-order valence-corrected chi connectivity index (χ1v) is 11.5. The van der Waals surface area contributed by atoms with Gasteiger partial charge in [0.2, 0.25) is 5.91 Å². The standard InChI is InChI=1S/C23H20ClN3O3S/c1-16(28)27-23(17-6-3-2-4-7-17)15-22(25-27)18-8-5-9-20(14-18)26-31(29,30)21-12-10-19(24)11-13-21/h2-14,23,26H,15H2,1H3. The largest absolute Gasteiger partial charge is 0.280 e. The van der Waals surface area contributed by atoms with Gasteiger partial charge in [0.05, 0.1) is 16.6 Å². The zero-order valence-electron chi connectivity index (χ0n) is 16.7. The normalized spacial score (nSPS) is 16.1. The van der Waals surface area contributed by atoms with Gasteiger partial charge in [0.15, 0.2) is 0 Å². The molecule has 0 spiro atoms. The molecule has 1 atom stereocenters. The number of amides is 1. The van der Waals surface area contributed by atoms with Gasteiger partial charge in [-0.25, -0.2) is 13.4 Å². The summed E-state index contributed by atoms with van der Waals surface area (Å²) < 4.78 is 28.0. The summed E-state index contributed by atoms with van der Waals surface area (Å²) in [6.45, 7) is 1.49. The number of hydrazone groups is 1. The minimum absolute atomic E-state index is 0.118. The van der Waals surface area contributed by atoms with Crippen molar-refractivity contribution in [2.75, 3.05) is 4.72 Å². The van der Waals surface area contributed by atoms with Crippen molar-refractivity contribution in [3.05, 3.63) is 95.0 Å². The second-order valence-electron chi connectivity index (χ2n) is 7.18. The quantitative estimate of drug-likeness (QED) is 0.600. The maximum absolute atomic E-state index is 12.7. The second-order valence-corrected chi connectivity index (χ2v) is 9.30. The smallest absolute Gasteiger partial charge is 0.261 e. The Morgan fingerprint density at radius 1 is 1.03 bits per heavy atom. The van der Waals surface area contributed by atoms with E-state index in [1.165, 1.54) is 36.2 Å². The molecule has 1 aliphatic rings. The molecule has 31 heavy (non-hydrogen) atoms. The molecule has 0 saturated heterocycles. The number of anilines is 1. The lowest BCUT2D eigenvalue weighted by Crippen LogP contribution is -2.24. The van der Waals surface area contributed by atoms with E-state index in [4.69, 9.17) is 11.6 Å². The fourth-order valence-electron chi connectivity index (χ4n) is 3.50. The molecule has 1 amide bonds. The Morgan fingerprint density at radius 2 is 1.74 bits per heavy atom. The van der Waals surface area contributed by atoms with E-state index in [-0.39, 0.29) is 16.8 Å². The van der Waals surface area contributed by atoms with Gasteiger partial charge >= 0.3 is 0 Å². The van der Waals surface area contributed by atoms with Crippen LogP contribution in [0, 0.1) is 0 Å². The SMILES string of the molecule is CC(=O)N1N=C(c2cccc(NS(=O)(=O)c3ccc(Cl)cc3)c2)CC1c1ccccc1. The van der Waals surface area contributed by atoms with E-state index in [0.717, 1.165) is 16.8 Å². The Bertz CT molecular complexity index is 1240. The first-order valence-electron chi connectivity index (χ1n) is 9.64. The molecular weight excluding hydrogens is 434 g/mol. The topological polar surface area (TPSA) is 78.8 Å². The fourth-order valence-corrected chi connectivity index (χ4v) is 4.68. The third-order valence-electron chi connectivity index (χ3n) is 4.99. The molecule has 158 valence electrons. The van der Waals surface area contributed by atoms with Crippen molar-refractivity contribution in [2.24, 2.45) is 5.10 Å². The van der Waals surface area contributed by atoms with E-state index in [1.54, 1.807) is 18.2 Å². The third-order valence-corrected chi connectivity index (χ3v) is 6.64. The van der Waals surface area contributed by atoms with Crippen LogP contribution in [0.4, 0.5) is 5.69 Å². The van der Waals surface area contributed by atoms with Crippen molar-refractivity contribution in [2.45, 2.75) is 24.3 Å². The van der Waals surface area contributed by atoms with E-state index in [0.29, 0.717) is 17.1 Å². The fraction of sp³-hybridized carbons (Fsp3) is 0.130. The average Bonchev–Trinajstić information content (AvgIpc) is 3.21. The van der Waals surface area contributed by atoms with Gasteiger partial charge in [-0.05, 0) is 47.5 Å². The molecule has 6 nitrogen and oxygen atoms in total. The number of carbonyl (C=O) groups excluding carboxylic acids is 1. The Hall–Kier alpha value is -3.16. The molecule has 0 aliphatic carbocycles. The summed E-state index contributed by atoms with van der Waals surface area (Å²) in [5, 5.41) is 6.47. The van der Waals surface area contributed by atoms with Crippen molar-refractivity contribution in [3.8, 4) is 0 Å². The van der Waals surface area contributed by atoms with Crippen LogP contribution < -0.4 is 4.72 Å². The third kappa shape index (κ3) is 4.62. The van der Waals surface area contributed by atoms with E-state index < -0.39 is 10.0 Å². The highest BCUT2D eigenvalue weighted by atomic mass is 35.5. The van der Waals surface area contributed by atoms with Crippen LogP contribution in [-0.2, 0) is 14.8 Å². The monoisotopic (exact) mass is 453 g/mol. The molecule has 0 radical (unpaired) electrons. The highest BCUT2D eigenvalue weighted by Gasteiger charge is 2.31. The molecule has 1 aliphatic heterocycles. The summed E-state index contributed by atoms with van der Waals surface area (Å²) in [7, 11) is -3.76. The first kappa shape index (κ1) is 21.1. The molecule has 8 heteroatoms. The molecule has 3 aromatic carbocycles. The summed E-state index contributed by atoms with van der Waals surface area (Å²) >= 11 is 5.85. The highest BCUT2D eigenvalue weighted by Crippen LogP contribution is 2.33. The minimum atomic E-state index is -3.76. The van der Waals surface area contributed by atoms with Crippen LogP contribution in [0.2, 0.25) is 5.02 Å². The van der Waals surface area contributed by atoms with E-state index in [2.05, 4.69) is 9.82 Å². The van der Waals surface area contributed by atoms with Gasteiger partial charge in [0.1, 0.15) is 0 Å². The van der Waals surface area contributed by atoms with Crippen molar-refractivity contribution < 1.29 is 13.2 Å². The number of nitrogens with zero attached hydrogens (tertiary/aromatic N) is 2. The maximum Gasteiger partial charge on any atom is 0.261 e.